The monoisotopic (exact) mass is 251 g/mol. The van der Waals surface area contributed by atoms with Gasteiger partial charge < -0.3 is 19.9 Å². The first-order valence-electron chi connectivity index (χ1n) is 5.70. The van der Waals surface area contributed by atoms with Crippen LogP contribution in [0, 0.1) is 0 Å². The third kappa shape index (κ3) is 8.35. The third-order valence-electron chi connectivity index (χ3n) is 2.40. The van der Waals surface area contributed by atoms with Crippen molar-refractivity contribution < 1.29 is 14.6 Å². The van der Waals surface area contributed by atoms with Gasteiger partial charge in [-0.25, -0.2) is 0 Å². The van der Waals surface area contributed by atoms with Crippen molar-refractivity contribution in [3.05, 3.63) is 0 Å². The Balaban J connectivity index is 3.30. The fraction of sp³-hybridized carbons (Fsp3) is 1.00. The van der Waals surface area contributed by atoms with Crippen molar-refractivity contribution in [2.75, 3.05) is 46.3 Å². The highest BCUT2D eigenvalue weighted by Gasteiger charge is 2.13. The van der Waals surface area contributed by atoms with Gasteiger partial charge in [0.25, 0.3) is 0 Å². The average molecular weight is 251 g/mol. The van der Waals surface area contributed by atoms with Crippen molar-refractivity contribution in [2.45, 2.75) is 24.6 Å². The van der Waals surface area contributed by atoms with Crippen LogP contribution < -0.4 is 5.32 Å². The van der Waals surface area contributed by atoms with Gasteiger partial charge in [-0.15, -0.1) is 0 Å². The molecule has 0 saturated heterocycles. The van der Waals surface area contributed by atoms with Crippen LogP contribution >= 0.6 is 11.8 Å². The highest BCUT2D eigenvalue weighted by molar-refractivity contribution is 7.99. The minimum Gasteiger partial charge on any atom is -0.395 e. The molecule has 0 aromatic heterocycles. The predicted octanol–water partition coefficient (Wildman–Crippen LogP) is 0.742. The molecule has 0 fully saturated rings. The lowest BCUT2D eigenvalue weighted by Crippen LogP contribution is -2.38. The van der Waals surface area contributed by atoms with Gasteiger partial charge in [-0.2, -0.15) is 11.8 Å². The van der Waals surface area contributed by atoms with Crippen LogP contribution in [-0.2, 0) is 9.47 Å². The van der Waals surface area contributed by atoms with Crippen LogP contribution in [0.2, 0.25) is 0 Å². The van der Waals surface area contributed by atoms with Crippen LogP contribution in [0.1, 0.15) is 13.3 Å². The standard InChI is InChI=1S/C11H25NO3S/c1-10(11(9-13)16-3)12-5-4-6-15-8-7-14-2/h10-13H,4-9H2,1-3H3. The van der Waals surface area contributed by atoms with E-state index in [9.17, 15) is 0 Å². The number of methoxy groups -OCH3 is 1. The average Bonchev–Trinajstić information content (AvgIpc) is 2.29. The van der Waals surface area contributed by atoms with Gasteiger partial charge in [0.15, 0.2) is 0 Å². The summed E-state index contributed by atoms with van der Waals surface area (Å²) >= 11 is 1.69. The Morgan fingerprint density at radius 3 is 2.62 bits per heavy atom. The molecule has 0 saturated carbocycles. The second-order valence-electron chi connectivity index (χ2n) is 3.66. The SMILES string of the molecule is COCCOCCCNC(C)C(CO)SC. The lowest BCUT2D eigenvalue weighted by molar-refractivity contribution is 0.0692. The summed E-state index contributed by atoms with van der Waals surface area (Å²) < 4.78 is 10.2. The van der Waals surface area contributed by atoms with Crippen molar-refractivity contribution in [3.8, 4) is 0 Å². The first kappa shape index (κ1) is 16.2. The topological polar surface area (TPSA) is 50.7 Å². The molecule has 0 radical (unpaired) electrons. The minimum atomic E-state index is 0.222. The molecule has 0 bridgehead atoms. The molecule has 0 aliphatic carbocycles. The Bertz CT molecular complexity index is 145. The molecule has 0 aromatic rings. The predicted molar refractivity (Wildman–Crippen MR) is 69.2 cm³/mol. The van der Waals surface area contributed by atoms with Crippen LogP contribution in [0.4, 0.5) is 0 Å². The van der Waals surface area contributed by atoms with Crippen LogP contribution in [0.15, 0.2) is 0 Å². The van der Waals surface area contributed by atoms with E-state index in [4.69, 9.17) is 14.6 Å². The number of aliphatic hydroxyl groups is 1. The quantitative estimate of drug-likeness (QED) is 0.531. The molecular weight excluding hydrogens is 226 g/mol. The Morgan fingerprint density at radius 2 is 2.06 bits per heavy atom. The summed E-state index contributed by atoms with van der Waals surface area (Å²) in [6.45, 7) is 5.32. The van der Waals surface area contributed by atoms with E-state index in [0.717, 1.165) is 19.6 Å². The van der Waals surface area contributed by atoms with Crippen molar-refractivity contribution in [3.63, 3.8) is 0 Å². The van der Waals surface area contributed by atoms with Crippen LogP contribution in [0.5, 0.6) is 0 Å². The molecule has 5 heteroatoms. The number of thioether (sulfide) groups is 1. The van der Waals surface area contributed by atoms with E-state index in [2.05, 4.69) is 12.2 Å². The summed E-state index contributed by atoms with van der Waals surface area (Å²) in [5, 5.41) is 12.8. The molecule has 0 aliphatic heterocycles. The summed E-state index contributed by atoms with van der Waals surface area (Å²) in [5.74, 6) is 0. The number of ether oxygens (including phenoxy) is 2. The van der Waals surface area contributed by atoms with Crippen LogP contribution in [0.3, 0.4) is 0 Å². The molecule has 0 spiro atoms. The summed E-state index contributed by atoms with van der Waals surface area (Å²) in [5.41, 5.74) is 0. The first-order valence-corrected chi connectivity index (χ1v) is 6.98. The Labute approximate surface area is 103 Å². The molecule has 98 valence electrons. The summed E-state index contributed by atoms with van der Waals surface area (Å²) in [6, 6.07) is 0.332. The molecule has 16 heavy (non-hydrogen) atoms. The lowest BCUT2D eigenvalue weighted by Gasteiger charge is -2.21. The molecule has 0 aliphatic rings. The number of hydrogen-bond donors (Lipinski definition) is 2. The molecule has 2 N–H and O–H groups in total. The van der Waals surface area contributed by atoms with E-state index in [-0.39, 0.29) is 11.9 Å². The highest BCUT2D eigenvalue weighted by Crippen LogP contribution is 2.09. The van der Waals surface area contributed by atoms with E-state index in [1.165, 1.54) is 0 Å². The Morgan fingerprint density at radius 1 is 1.31 bits per heavy atom. The smallest absolute Gasteiger partial charge is 0.0700 e. The van der Waals surface area contributed by atoms with E-state index in [1.807, 2.05) is 6.26 Å². The van der Waals surface area contributed by atoms with Crippen LogP contribution in [-0.4, -0.2) is 62.7 Å². The molecule has 2 atom stereocenters. The van der Waals surface area contributed by atoms with Gasteiger partial charge in [-0.1, -0.05) is 0 Å². The Kier molecular flexibility index (Phi) is 11.8. The number of rotatable bonds is 11. The lowest BCUT2D eigenvalue weighted by atomic mass is 10.2. The molecule has 2 unspecified atom stereocenters. The maximum absolute atomic E-state index is 9.10. The summed E-state index contributed by atoms with van der Waals surface area (Å²) in [4.78, 5) is 0. The fourth-order valence-electron chi connectivity index (χ4n) is 1.32. The maximum Gasteiger partial charge on any atom is 0.0700 e. The third-order valence-corrected chi connectivity index (χ3v) is 3.57. The van der Waals surface area contributed by atoms with Crippen molar-refractivity contribution in [2.24, 2.45) is 0 Å². The second-order valence-corrected chi connectivity index (χ2v) is 4.74. The van der Waals surface area contributed by atoms with Crippen molar-refractivity contribution >= 4 is 11.8 Å². The van der Waals surface area contributed by atoms with Gasteiger partial charge >= 0.3 is 0 Å². The van der Waals surface area contributed by atoms with Crippen molar-refractivity contribution in [1.82, 2.24) is 5.32 Å². The molecule has 0 aromatic carbocycles. The molecule has 0 amide bonds. The fourth-order valence-corrected chi connectivity index (χ4v) is 1.97. The van der Waals surface area contributed by atoms with Gasteiger partial charge in [0.05, 0.1) is 19.8 Å². The largest absolute Gasteiger partial charge is 0.395 e. The normalized spacial score (nSPS) is 15.0. The van der Waals surface area contributed by atoms with E-state index in [1.54, 1.807) is 18.9 Å². The van der Waals surface area contributed by atoms with Crippen LogP contribution in [0.25, 0.3) is 0 Å². The number of nitrogens with one attached hydrogen (secondary N) is 1. The Hall–Kier alpha value is 0.190. The minimum absolute atomic E-state index is 0.222. The summed E-state index contributed by atoms with van der Waals surface area (Å²) in [7, 11) is 1.67. The first-order chi connectivity index (χ1) is 7.76. The number of aliphatic hydroxyl groups excluding tert-OH is 1. The summed E-state index contributed by atoms with van der Waals surface area (Å²) in [6.07, 6.45) is 3.01. The van der Waals surface area contributed by atoms with Gasteiger partial charge in [-0.3, -0.25) is 0 Å². The zero-order valence-corrected chi connectivity index (χ0v) is 11.4. The molecule has 0 rings (SSSR count). The molecule has 0 heterocycles. The van der Waals surface area contributed by atoms with E-state index >= 15 is 0 Å². The molecule has 4 nitrogen and oxygen atoms in total. The second kappa shape index (κ2) is 11.7. The van der Waals surface area contributed by atoms with E-state index in [0.29, 0.717) is 19.3 Å². The van der Waals surface area contributed by atoms with Gasteiger partial charge in [-0.05, 0) is 26.1 Å². The zero-order chi connectivity index (χ0) is 12.2. The van der Waals surface area contributed by atoms with Gasteiger partial charge in [0.1, 0.15) is 0 Å². The highest BCUT2D eigenvalue weighted by atomic mass is 32.2. The van der Waals surface area contributed by atoms with Gasteiger partial charge in [0.2, 0.25) is 0 Å². The molecular formula is C11H25NO3S. The zero-order valence-electron chi connectivity index (χ0n) is 10.6. The maximum atomic E-state index is 9.10. The van der Waals surface area contributed by atoms with Crippen molar-refractivity contribution in [1.29, 1.82) is 0 Å². The van der Waals surface area contributed by atoms with E-state index < -0.39 is 0 Å². The van der Waals surface area contributed by atoms with Gasteiger partial charge in [0, 0.05) is 25.0 Å². The number of hydrogen-bond acceptors (Lipinski definition) is 5.